The number of fused-ring (bicyclic) bond motifs is 1. The molecule has 1 atom stereocenters. The molecule has 1 unspecified atom stereocenters. The first kappa shape index (κ1) is 17.5. The predicted octanol–water partition coefficient (Wildman–Crippen LogP) is 0.701. The zero-order chi connectivity index (χ0) is 18.8. The van der Waals surface area contributed by atoms with Crippen LogP contribution < -0.4 is 15.2 Å². The van der Waals surface area contributed by atoms with Gasteiger partial charge >= 0.3 is 0 Å². The van der Waals surface area contributed by atoms with Crippen LogP contribution in [0.2, 0.25) is 0 Å². The highest BCUT2D eigenvalue weighted by Gasteiger charge is 2.31. The largest absolute Gasteiger partial charge is 0.454 e. The van der Waals surface area contributed by atoms with Crippen molar-refractivity contribution in [3.8, 4) is 11.5 Å². The van der Waals surface area contributed by atoms with Crippen molar-refractivity contribution in [2.45, 2.75) is 19.4 Å². The van der Waals surface area contributed by atoms with Gasteiger partial charge in [0.15, 0.2) is 23.0 Å². The Labute approximate surface area is 156 Å². The number of ether oxygens (including phenoxy) is 2. The first-order chi connectivity index (χ1) is 13.2. The van der Waals surface area contributed by atoms with E-state index >= 15 is 0 Å². The lowest BCUT2D eigenvalue weighted by Crippen LogP contribution is -2.42. The van der Waals surface area contributed by atoms with Crippen molar-refractivity contribution >= 4 is 11.7 Å². The van der Waals surface area contributed by atoms with Crippen molar-refractivity contribution in [1.29, 1.82) is 0 Å². The van der Waals surface area contributed by atoms with Crippen LogP contribution in [0.1, 0.15) is 33.7 Å². The van der Waals surface area contributed by atoms with Crippen molar-refractivity contribution in [2.24, 2.45) is 11.7 Å². The molecule has 3 heterocycles. The minimum atomic E-state index is -0.248. The Hall–Kier alpha value is -2.94. The fourth-order valence-corrected chi connectivity index (χ4v) is 3.46. The van der Waals surface area contributed by atoms with Crippen molar-refractivity contribution in [3.63, 3.8) is 0 Å². The van der Waals surface area contributed by atoms with Gasteiger partial charge in [-0.1, -0.05) is 5.21 Å². The zero-order valence-electron chi connectivity index (χ0n) is 14.8. The minimum absolute atomic E-state index is 0.0117. The van der Waals surface area contributed by atoms with Gasteiger partial charge in [0.25, 0.3) is 5.91 Å². The second kappa shape index (κ2) is 7.36. The van der Waals surface area contributed by atoms with E-state index < -0.39 is 0 Å². The molecule has 2 aliphatic rings. The number of carbonyl (C=O) groups is 2. The third kappa shape index (κ3) is 3.50. The summed E-state index contributed by atoms with van der Waals surface area (Å²) >= 11 is 0. The number of Topliss-reactive ketones (excluding diaryl/α,β-unsaturated/α-hetero) is 1. The minimum Gasteiger partial charge on any atom is -0.454 e. The van der Waals surface area contributed by atoms with E-state index in [9.17, 15) is 9.59 Å². The number of likely N-dealkylation sites (tertiary alicyclic amines) is 1. The normalized spacial score (nSPS) is 18.6. The molecule has 9 nitrogen and oxygen atoms in total. The Balaban J connectivity index is 1.45. The molecule has 2 aromatic rings. The number of benzene rings is 1. The van der Waals surface area contributed by atoms with E-state index in [1.165, 1.54) is 0 Å². The summed E-state index contributed by atoms with van der Waals surface area (Å²) in [5.41, 5.74) is 6.34. The fraction of sp³-hybridized carbons (Fsp3) is 0.444. The summed E-state index contributed by atoms with van der Waals surface area (Å²) in [6.07, 6.45) is 3.11. The molecular weight excluding hydrogens is 350 g/mol. The molecule has 0 radical (unpaired) electrons. The van der Waals surface area contributed by atoms with Crippen molar-refractivity contribution in [2.75, 3.05) is 26.4 Å². The van der Waals surface area contributed by atoms with Crippen molar-refractivity contribution < 1.29 is 19.1 Å². The molecule has 2 N–H and O–H groups in total. The molecule has 142 valence electrons. The van der Waals surface area contributed by atoms with E-state index in [-0.39, 0.29) is 30.1 Å². The number of ketones is 1. The van der Waals surface area contributed by atoms with Crippen LogP contribution in [0, 0.1) is 5.92 Å². The molecule has 1 saturated heterocycles. The highest BCUT2D eigenvalue weighted by Crippen LogP contribution is 2.34. The van der Waals surface area contributed by atoms with Gasteiger partial charge in [-0.3, -0.25) is 14.3 Å². The topological polar surface area (TPSA) is 113 Å². The molecule has 4 rings (SSSR count). The number of aromatic nitrogens is 3. The smallest absolute Gasteiger partial charge is 0.276 e. The van der Waals surface area contributed by atoms with E-state index in [0.29, 0.717) is 43.2 Å². The maximum Gasteiger partial charge on any atom is 0.276 e. The molecule has 27 heavy (non-hydrogen) atoms. The van der Waals surface area contributed by atoms with E-state index in [4.69, 9.17) is 15.2 Å². The van der Waals surface area contributed by atoms with E-state index in [1.807, 2.05) is 0 Å². The van der Waals surface area contributed by atoms with Crippen LogP contribution in [-0.2, 0) is 6.54 Å². The van der Waals surface area contributed by atoms with Crippen LogP contribution in [0.15, 0.2) is 24.4 Å². The maximum atomic E-state index is 12.9. The molecule has 0 bridgehead atoms. The monoisotopic (exact) mass is 371 g/mol. The summed E-state index contributed by atoms with van der Waals surface area (Å²) < 4.78 is 12.2. The Morgan fingerprint density at radius 1 is 1.26 bits per heavy atom. The van der Waals surface area contributed by atoms with Gasteiger partial charge in [0.1, 0.15) is 0 Å². The van der Waals surface area contributed by atoms with Crippen LogP contribution >= 0.6 is 0 Å². The fourth-order valence-electron chi connectivity index (χ4n) is 3.46. The third-order valence-corrected chi connectivity index (χ3v) is 4.85. The Bertz CT molecular complexity index is 865. The maximum absolute atomic E-state index is 12.9. The Kier molecular flexibility index (Phi) is 4.76. The van der Waals surface area contributed by atoms with Crippen LogP contribution in [0.5, 0.6) is 11.5 Å². The molecule has 0 spiro atoms. The number of hydrogen-bond donors (Lipinski definition) is 1. The SMILES string of the molecule is NCCn1cc(C(=O)N2CCCC(C(=O)c3ccc4c(c3)OCO4)C2)nn1. The molecule has 0 saturated carbocycles. The van der Waals surface area contributed by atoms with Crippen LogP contribution in [0.3, 0.4) is 0 Å². The number of rotatable bonds is 5. The van der Waals surface area contributed by atoms with Crippen molar-refractivity contribution in [1.82, 2.24) is 19.9 Å². The van der Waals surface area contributed by atoms with Crippen LogP contribution in [-0.4, -0.2) is 58.0 Å². The molecular formula is C18H21N5O4. The molecule has 1 aromatic carbocycles. The van der Waals surface area contributed by atoms with Gasteiger partial charge in [0.2, 0.25) is 6.79 Å². The van der Waals surface area contributed by atoms with Gasteiger partial charge < -0.3 is 20.1 Å². The highest BCUT2D eigenvalue weighted by atomic mass is 16.7. The summed E-state index contributed by atoms with van der Waals surface area (Å²) in [7, 11) is 0. The average Bonchev–Trinajstić information content (AvgIpc) is 3.36. The second-order valence-corrected chi connectivity index (χ2v) is 6.68. The first-order valence-electron chi connectivity index (χ1n) is 8.99. The summed E-state index contributed by atoms with van der Waals surface area (Å²) in [5.74, 6) is 0.787. The number of carbonyl (C=O) groups excluding carboxylic acids is 2. The second-order valence-electron chi connectivity index (χ2n) is 6.68. The number of nitrogens with zero attached hydrogens (tertiary/aromatic N) is 4. The summed E-state index contributed by atoms with van der Waals surface area (Å²) in [5, 5.41) is 7.83. The molecule has 1 aromatic heterocycles. The van der Waals surface area contributed by atoms with Crippen LogP contribution in [0.25, 0.3) is 0 Å². The number of hydrogen-bond acceptors (Lipinski definition) is 7. The lowest BCUT2D eigenvalue weighted by Gasteiger charge is -2.31. The lowest BCUT2D eigenvalue weighted by atomic mass is 9.89. The zero-order valence-corrected chi connectivity index (χ0v) is 14.8. The summed E-state index contributed by atoms with van der Waals surface area (Å²) in [4.78, 5) is 27.3. The molecule has 0 aliphatic carbocycles. The first-order valence-corrected chi connectivity index (χ1v) is 8.99. The molecule has 2 aliphatic heterocycles. The predicted molar refractivity (Wildman–Crippen MR) is 94.6 cm³/mol. The summed E-state index contributed by atoms with van der Waals surface area (Å²) in [6.45, 7) is 2.07. The van der Waals surface area contributed by atoms with Crippen molar-refractivity contribution in [3.05, 3.63) is 35.7 Å². The van der Waals surface area contributed by atoms with E-state index in [2.05, 4.69) is 10.3 Å². The Morgan fingerprint density at radius 2 is 2.11 bits per heavy atom. The van der Waals surface area contributed by atoms with Gasteiger partial charge in [-0.2, -0.15) is 0 Å². The number of nitrogens with two attached hydrogens (primary N) is 1. The quantitative estimate of drug-likeness (QED) is 0.770. The standard InChI is InChI=1S/C18H21N5O4/c19-5-7-23-10-14(20-21-23)18(25)22-6-1-2-13(9-22)17(24)12-3-4-15-16(8-12)27-11-26-15/h3-4,8,10,13H,1-2,5-7,9,11,19H2. The van der Waals surface area contributed by atoms with Gasteiger partial charge in [-0.25, -0.2) is 0 Å². The summed E-state index contributed by atoms with van der Waals surface area (Å²) in [6, 6.07) is 5.20. The lowest BCUT2D eigenvalue weighted by molar-refractivity contribution is 0.0632. The third-order valence-electron chi connectivity index (χ3n) is 4.85. The molecule has 9 heteroatoms. The van der Waals surface area contributed by atoms with Crippen LogP contribution in [0.4, 0.5) is 0 Å². The Morgan fingerprint density at radius 3 is 2.96 bits per heavy atom. The van der Waals surface area contributed by atoms with Gasteiger partial charge in [-0.15, -0.1) is 5.10 Å². The van der Waals surface area contributed by atoms with E-state index in [0.717, 1.165) is 12.8 Å². The number of amides is 1. The van der Waals surface area contributed by atoms with Gasteiger partial charge in [0.05, 0.1) is 12.7 Å². The average molecular weight is 371 g/mol. The number of piperidine rings is 1. The molecule has 1 fully saturated rings. The van der Waals surface area contributed by atoms with Gasteiger partial charge in [0, 0.05) is 31.1 Å². The highest BCUT2D eigenvalue weighted by molar-refractivity contribution is 5.99. The van der Waals surface area contributed by atoms with Gasteiger partial charge in [-0.05, 0) is 31.0 Å². The van der Waals surface area contributed by atoms with E-state index in [1.54, 1.807) is 34.0 Å². The molecule has 1 amide bonds.